The Kier molecular flexibility index (Phi) is 5.39. The van der Waals surface area contributed by atoms with Crippen molar-refractivity contribution in [1.82, 2.24) is 24.3 Å². The van der Waals surface area contributed by atoms with Gasteiger partial charge in [0.05, 0.1) is 4.90 Å². The molecule has 1 N–H and O–H groups in total. The Labute approximate surface area is 174 Å². The molecule has 0 bridgehead atoms. The Morgan fingerprint density at radius 3 is 2.63 bits per heavy atom. The lowest BCUT2D eigenvalue weighted by Crippen LogP contribution is -2.39. The van der Waals surface area contributed by atoms with E-state index in [0.29, 0.717) is 24.7 Å². The van der Waals surface area contributed by atoms with Gasteiger partial charge in [0.2, 0.25) is 10.0 Å². The van der Waals surface area contributed by atoms with E-state index in [-0.39, 0.29) is 22.4 Å². The van der Waals surface area contributed by atoms with Crippen LogP contribution in [0.2, 0.25) is 0 Å². The summed E-state index contributed by atoms with van der Waals surface area (Å²) in [6.45, 7) is 3.08. The molecule has 2 aromatic heterocycles. The first kappa shape index (κ1) is 20.2. The van der Waals surface area contributed by atoms with Crippen molar-refractivity contribution >= 4 is 21.9 Å². The summed E-state index contributed by atoms with van der Waals surface area (Å²) in [5, 5.41) is 14.3. The molecule has 1 saturated heterocycles. The molecule has 4 rings (SSSR count). The normalized spacial score (nSPS) is 17.7. The first-order valence-corrected chi connectivity index (χ1v) is 11.0. The lowest BCUT2D eigenvalue weighted by atomic mass is 10.0. The van der Waals surface area contributed by atoms with Crippen LogP contribution in [0.3, 0.4) is 0 Å². The molecule has 3 heterocycles. The lowest BCUT2D eigenvalue weighted by molar-refractivity contribution is 0.102. The van der Waals surface area contributed by atoms with Crippen molar-refractivity contribution in [2.45, 2.75) is 24.7 Å². The maximum atomic E-state index is 12.8. The zero-order chi connectivity index (χ0) is 21.3. The second kappa shape index (κ2) is 8.00. The SMILES string of the molecule is CC1CCCN(S(=O)(=O)c2ccc(C(=O)Nc3nnc(-c4ccn(C)n4)o3)cc2)C1. The monoisotopic (exact) mass is 430 g/mol. The molecule has 0 saturated carbocycles. The van der Waals surface area contributed by atoms with Gasteiger partial charge in [-0.25, -0.2) is 8.42 Å². The van der Waals surface area contributed by atoms with Gasteiger partial charge in [0.1, 0.15) is 5.69 Å². The van der Waals surface area contributed by atoms with Crippen LogP contribution < -0.4 is 5.32 Å². The lowest BCUT2D eigenvalue weighted by Gasteiger charge is -2.30. The van der Waals surface area contributed by atoms with Crippen LogP contribution in [0.5, 0.6) is 0 Å². The first-order valence-electron chi connectivity index (χ1n) is 9.58. The van der Waals surface area contributed by atoms with Crippen LogP contribution in [0.15, 0.2) is 45.8 Å². The quantitative estimate of drug-likeness (QED) is 0.658. The highest BCUT2D eigenvalue weighted by Gasteiger charge is 2.28. The van der Waals surface area contributed by atoms with Gasteiger partial charge in [-0.2, -0.15) is 9.40 Å². The second-order valence-electron chi connectivity index (χ2n) is 7.38. The van der Waals surface area contributed by atoms with Crippen molar-refractivity contribution in [3.05, 3.63) is 42.1 Å². The van der Waals surface area contributed by atoms with E-state index in [1.807, 2.05) is 6.92 Å². The molecular weight excluding hydrogens is 408 g/mol. The summed E-state index contributed by atoms with van der Waals surface area (Å²) in [5.74, 6) is 0.0359. The third-order valence-electron chi connectivity index (χ3n) is 4.95. The number of carbonyl (C=O) groups is 1. The predicted molar refractivity (Wildman–Crippen MR) is 108 cm³/mol. The first-order chi connectivity index (χ1) is 14.3. The number of hydrogen-bond acceptors (Lipinski definition) is 7. The molecule has 1 aliphatic heterocycles. The number of nitrogens with zero attached hydrogens (tertiary/aromatic N) is 5. The molecule has 1 fully saturated rings. The van der Waals surface area contributed by atoms with E-state index < -0.39 is 15.9 Å². The van der Waals surface area contributed by atoms with Gasteiger partial charge in [0.25, 0.3) is 11.8 Å². The molecular formula is C19H22N6O4S. The van der Waals surface area contributed by atoms with E-state index in [4.69, 9.17) is 4.42 Å². The Balaban J connectivity index is 1.45. The Morgan fingerprint density at radius 1 is 1.20 bits per heavy atom. The molecule has 158 valence electrons. The number of benzene rings is 1. The maximum Gasteiger partial charge on any atom is 0.322 e. The average Bonchev–Trinajstić information content (AvgIpc) is 3.37. The number of sulfonamides is 1. The summed E-state index contributed by atoms with van der Waals surface area (Å²) in [4.78, 5) is 12.6. The van der Waals surface area contributed by atoms with Crippen molar-refractivity contribution in [2.75, 3.05) is 18.4 Å². The highest BCUT2D eigenvalue weighted by molar-refractivity contribution is 7.89. The average molecular weight is 430 g/mol. The number of anilines is 1. The summed E-state index contributed by atoms with van der Waals surface area (Å²) < 4.78 is 34.2. The molecule has 0 spiro atoms. The smallest absolute Gasteiger partial charge is 0.322 e. The van der Waals surface area contributed by atoms with Crippen molar-refractivity contribution in [3.63, 3.8) is 0 Å². The molecule has 3 aromatic rings. The van der Waals surface area contributed by atoms with Crippen molar-refractivity contribution in [1.29, 1.82) is 0 Å². The molecule has 1 aliphatic rings. The van der Waals surface area contributed by atoms with Crippen molar-refractivity contribution in [2.24, 2.45) is 13.0 Å². The second-order valence-corrected chi connectivity index (χ2v) is 9.31. The van der Waals surface area contributed by atoms with E-state index in [0.717, 1.165) is 12.8 Å². The third-order valence-corrected chi connectivity index (χ3v) is 6.83. The predicted octanol–water partition coefficient (Wildman–Crippen LogP) is 2.14. The number of nitrogens with one attached hydrogen (secondary N) is 1. The van der Waals surface area contributed by atoms with Gasteiger partial charge in [0.15, 0.2) is 0 Å². The largest absolute Gasteiger partial charge is 0.401 e. The van der Waals surface area contributed by atoms with Gasteiger partial charge >= 0.3 is 6.01 Å². The molecule has 1 atom stereocenters. The molecule has 0 aliphatic carbocycles. The number of amides is 1. The number of aryl methyl sites for hydroxylation is 1. The number of hydrogen-bond donors (Lipinski definition) is 1. The molecule has 0 radical (unpaired) electrons. The van der Waals surface area contributed by atoms with Crippen LogP contribution >= 0.6 is 0 Å². The third kappa shape index (κ3) is 4.12. The van der Waals surface area contributed by atoms with Crippen molar-refractivity contribution < 1.29 is 17.6 Å². The fraction of sp³-hybridized carbons (Fsp3) is 0.368. The van der Waals surface area contributed by atoms with Gasteiger partial charge in [0, 0.05) is 31.9 Å². The van der Waals surface area contributed by atoms with Crippen LogP contribution in [-0.2, 0) is 17.1 Å². The number of aromatic nitrogens is 4. The van der Waals surface area contributed by atoms with Crippen LogP contribution in [0.4, 0.5) is 6.01 Å². The number of carbonyl (C=O) groups excluding carboxylic acids is 1. The van der Waals surface area contributed by atoms with Crippen LogP contribution in [0.1, 0.15) is 30.1 Å². The van der Waals surface area contributed by atoms with Gasteiger partial charge in [-0.15, -0.1) is 5.10 Å². The fourth-order valence-electron chi connectivity index (χ4n) is 3.37. The minimum Gasteiger partial charge on any atom is -0.401 e. The van der Waals surface area contributed by atoms with Crippen LogP contribution in [-0.4, -0.2) is 51.7 Å². The van der Waals surface area contributed by atoms with Gasteiger partial charge in [-0.1, -0.05) is 12.0 Å². The molecule has 11 heteroatoms. The summed E-state index contributed by atoms with van der Waals surface area (Å²) in [5.41, 5.74) is 0.769. The van der Waals surface area contributed by atoms with Crippen molar-refractivity contribution in [3.8, 4) is 11.6 Å². The number of rotatable bonds is 5. The molecule has 1 aromatic carbocycles. The molecule has 1 amide bonds. The summed E-state index contributed by atoms with van der Waals surface area (Å²) in [6, 6.07) is 7.45. The maximum absolute atomic E-state index is 12.8. The van der Waals surface area contributed by atoms with E-state index in [1.54, 1.807) is 24.0 Å². The molecule has 30 heavy (non-hydrogen) atoms. The highest BCUT2D eigenvalue weighted by atomic mass is 32.2. The Hall–Kier alpha value is -3.05. The standard InChI is InChI=1S/C19H22N6O4S/c1-13-4-3-10-25(12-13)30(27,28)15-7-5-14(6-8-15)17(26)20-19-22-21-18(29-19)16-9-11-24(2)23-16/h5-9,11,13H,3-4,10,12H2,1-2H3,(H,20,22,26). The highest BCUT2D eigenvalue weighted by Crippen LogP contribution is 2.24. The van der Waals surface area contributed by atoms with Gasteiger partial charge in [-0.3, -0.25) is 14.8 Å². The summed E-state index contributed by atoms with van der Waals surface area (Å²) >= 11 is 0. The van der Waals surface area contributed by atoms with Crippen LogP contribution in [0, 0.1) is 5.92 Å². The minimum absolute atomic E-state index is 0.0698. The van der Waals surface area contributed by atoms with E-state index in [1.165, 1.54) is 28.6 Å². The van der Waals surface area contributed by atoms with Gasteiger partial charge < -0.3 is 4.42 Å². The van der Waals surface area contributed by atoms with E-state index >= 15 is 0 Å². The zero-order valence-electron chi connectivity index (χ0n) is 16.6. The zero-order valence-corrected chi connectivity index (χ0v) is 17.5. The Bertz CT molecular complexity index is 1150. The van der Waals surface area contributed by atoms with E-state index in [9.17, 15) is 13.2 Å². The number of piperidine rings is 1. The fourth-order valence-corrected chi connectivity index (χ4v) is 4.97. The molecule has 1 unspecified atom stereocenters. The topological polar surface area (TPSA) is 123 Å². The van der Waals surface area contributed by atoms with E-state index in [2.05, 4.69) is 20.6 Å². The van der Waals surface area contributed by atoms with Crippen LogP contribution in [0.25, 0.3) is 11.6 Å². The summed E-state index contributed by atoms with van der Waals surface area (Å²) in [6.07, 6.45) is 3.62. The summed E-state index contributed by atoms with van der Waals surface area (Å²) in [7, 11) is -1.81. The van der Waals surface area contributed by atoms with Gasteiger partial charge in [-0.05, 0) is 49.1 Å². The Morgan fingerprint density at radius 2 is 1.97 bits per heavy atom. The minimum atomic E-state index is -3.57. The molecule has 10 nitrogen and oxygen atoms in total.